The molecular formula is C24H18ClF2N5O4. The maximum Gasteiger partial charge on any atom is 0.324 e. The molecule has 1 fully saturated rings. The molecule has 0 radical (unpaired) electrons. The van der Waals surface area contributed by atoms with Gasteiger partial charge in [0.2, 0.25) is 0 Å². The number of fused-ring (bicyclic) bond motifs is 1. The molecule has 1 unspecified atom stereocenters. The Morgan fingerprint density at radius 2 is 1.97 bits per heavy atom. The van der Waals surface area contributed by atoms with Gasteiger partial charge in [-0.05, 0) is 31.9 Å². The van der Waals surface area contributed by atoms with E-state index in [-0.39, 0.29) is 41.6 Å². The van der Waals surface area contributed by atoms with Crippen molar-refractivity contribution in [2.45, 2.75) is 32.4 Å². The Balaban J connectivity index is 1.47. The third kappa shape index (κ3) is 4.15. The molecular weight excluding hydrogens is 496 g/mol. The SMILES string of the molecule is CC(OC(=O)C1(C(=O)O)CC1)c1cnc(-c2nn(Cc3ccccc3F)c3ncc(F)cc23)nc1Cl. The molecule has 1 aliphatic carbocycles. The zero-order valence-electron chi connectivity index (χ0n) is 18.8. The number of halogens is 3. The molecule has 4 aromatic rings. The van der Waals surface area contributed by atoms with Crippen molar-refractivity contribution in [3.05, 3.63) is 70.6 Å². The molecule has 5 rings (SSSR count). The van der Waals surface area contributed by atoms with E-state index in [1.807, 2.05) is 0 Å². The number of benzene rings is 1. The number of hydrogen-bond acceptors (Lipinski definition) is 7. The summed E-state index contributed by atoms with van der Waals surface area (Å²) < 4.78 is 35.0. The van der Waals surface area contributed by atoms with Gasteiger partial charge in [-0.15, -0.1) is 0 Å². The van der Waals surface area contributed by atoms with Crippen LogP contribution in [0.25, 0.3) is 22.6 Å². The second-order valence-electron chi connectivity index (χ2n) is 8.50. The summed E-state index contributed by atoms with van der Waals surface area (Å²) in [5.41, 5.74) is -0.421. The second kappa shape index (κ2) is 8.90. The van der Waals surface area contributed by atoms with Crippen molar-refractivity contribution >= 4 is 34.6 Å². The Labute approximate surface area is 207 Å². The van der Waals surface area contributed by atoms with E-state index in [9.17, 15) is 23.5 Å². The highest BCUT2D eigenvalue weighted by Crippen LogP contribution is 2.48. The van der Waals surface area contributed by atoms with Gasteiger partial charge in [-0.25, -0.2) is 28.4 Å². The smallest absolute Gasteiger partial charge is 0.324 e. The van der Waals surface area contributed by atoms with E-state index in [4.69, 9.17) is 16.3 Å². The van der Waals surface area contributed by atoms with Crippen molar-refractivity contribution in [3.8, 4) is 11.5 Å². The molecule has 1 aromatic carbocycles. The highest BCUT2D eigenvalue weighted by atomic mass is 35.5. The molecule has 1 saturated carbocycles. The first kappa shape index (κ1) is 23.7. The minimum Gasteiger partial charge on any atom is -0.480 e. The van der Waals surface area contributed by atoms with Gasteiger partial charge in [0.05, 0.1) is 18.1 Å². The Morgan fingerprint density at radius 3 is 2.64 bits per heavy atom. The maximum atomic E-state index is 14.2. The first-order valence-electron chi connectivity index (χ1n) is 10.9. The lowest BCUT2D eigenvalue weighted by atomic mass is 10.1. The van der Waals surface area contributed by atoms with Crippen molar-refractivity contribution in [2.75, 3.05) is 0 Å². The Bertz CT molecular complexity index is 1520. The van der Waals surface area contributed by atoms with Gasteiger partial charge in [-0.2, -0.15) is 5.10 Å². The molecule has 0 amide bonds. The zero-order chi connectivity index (χ0) is 25.6. The summed E-state index contributed by atoms with van der Waals surface area (Å²) in [4.78, 5) is 36.3. The minimum atomic E-state index is -1.51. The molecule has 3 heterocycles. The van der Waals surface area contributed by atoms with Gasteiger partial charge < -0.3 is 9.84 Å². The van der Waals surface area contributed by atoms with E-state index in [2.05, 4.69) is 20.1 Å². The normalized spacial score (nSPS) is 15.0. The van der Waals surface area contributed by atoms with Crippen LogP contribution in [-0.2, 0) is 20.9 Å². The minimum absolute atomic E-state index is 0.0337. The summed E-state index contributed by atoms with van der Waals surface area (Å²) in [6, 6.07) is 7.41. The molecule has 9 nitrogen and oxygen atoms in total. The molecule has 36 heavy (non-hydrogen) atoms. The molecule has 0 bridgehead atoms. The number of aliphatic carboxylic acids is 1. The average Bonchev–Trinajstić information content (AvgIpc) is 3.59. The fourth-order valence-corrected chi connectivity index (χ4v) is 4.10. The fourth-order valence-electron chi connectivity index (χ4n) is 3.82. The van der Waals surface area contributed by atoms with Gasteiger partial charge in [0, 0.05) is 17.3 Å². The number of carboxylic acid groups (broad SMARTS) is 1. The van der Waals surface area contributed by atoms with Gasteiger partial charge in [0.15, 0.2) is 16.9 Å². The predicted octanol–water partition coefficient (Wildman–Crippen LogP) is 4.34. The summed E-state index contributed by atoms with van der Waals surface area (Å²) in [6.07, 6.45) is 1.87. The van der Waals surface area contributed by atoms with Crippen LogP contribution >= 0.6 is 11.6 Å². The van der Waals surface area contributed by atoms with Gasteiger partial charge in [0.25, 0.3) is 0 Å². The average molecular weight is 514 g/mol. The first-order valence-corrected chi connectivity index (χ1v) is 11.3. The molecule has 3 aromatic heterocycles. The lowest BCUT2D eigenvalue weighted by Gasteiger charge is -2.17. The van der Waals surface area contributed by atoms with Crippen LogP contribution in [0.2, 0.25) is 5.15 Å². The van der Waals surface area contributed by atoms with Crippen molar-refractivity contribution < 1.29 is 28.2 Å². The van der Waals surface area contributed by atoms with Crippen molar-refractivity contribution in [2.24, 2.45) is 5.41 Å². The maximum absolute atomic E-state index is 14.2. The number of pyridine rings is 1. The Hall–Kier alpha value is -3.99. The van der Waals surface area contributed by atoms with E-state index < -0.39 is 35.1 Å². The molecule has 1 N–H and O–H groups in total. The number of carboxylic acids is 1. The Kier molecular flexibility index (Phi) is 5.87. The Morgan fingerprint density at radius 1 is 1.22 bits per heavy atom. The standard InChI is InChI=1S/C24H18ClF2N5O4/c1-12(36-23(35)24(6-7-24)22(33)34)16-10-28-20(30-19(16)25)18-15-8-14(26)9-29-21(15)32(31-18)11-13-4-2-3-5-17(13)27/h2-5,8-10,12H,6-7,11H2,1H3,(H,33,34). The van der Waals surface area contributed by atoms with Crippen LogP contribution < -0.4 is 0 Å². The first-order chi connectivity index (χ1) is 17.2. The molecule has 1 aliphatic rings. The number of aromatic nitrogens is 5. The second-order valence-corrected chi connectivity index (χ2v) is 8.85. The molecule has 1 atom stereocenters. The number of carbonyl (C=O) groups excluding carboxylic acids is 1. The van der Waals surface area contributed by atoms with Crippen molar-refractivity contribution in [1.29, 1.82) is 0 Å². The van der Waals surface area contributed by atoms with Crippen LogP contribution in [0.5, 0.6) is 0 Å². The summed E-state index contributed by atoms with van der Waals surface area (Å²) >= 11 is 6.36. The van der Waals surface area contributed by atoms with Gasteiger partial charge in [-0.3, -0.25) is 9.59 Å². The summed E-state index contributed by atoms with van der Waals surface area (Å²) in [5.74, 6) is -3.05. The molecule has 12 heteroatoms. The van der Waals surface area contributed by atoms with Gasteiger partial charge in [0.1, 0.15) is 28.6 Å². The predicted molar refractivity (Wildman–Crippen MR) is 123 cm³/mol. The van der Waals surface area contributed by atoms with E-state index in [0.29, 0.717) is 16.6 Å². The van der Waals surface area contributed by atoms with Crippen molar-refractivity contribution in [3.63, 3.8) is 0 Å². The number of hydrogen-bond donors (Lipinski definition) is 1. The summed E-state index contributed by atoms with van der Waals surface area (Å²) in [7, 11) is 0. The van der Waals surface area contributed by atoms with Gasteiger partial charge in [-0.1, -0.05) is 29.8 Å². The lowest BCUT2D eigenvalue weighted by Crippen LogP contribution is -2.28. The van der Waals surface area contributed by atoms with Crippen LogP contribution in [0.4, 0.5) is 8.78 Å². The molecule has 184 valence electrons. The summed E-state index contributed by atoms with van der Waals surface area (Å²) in [6.45, 7) is 1.56. The van der Waals surface area contributed by atoms with Gasteiger partial charge >= 0.3 is 11.9 Å². The summed E-state index contributed by atoms with van der Waals surface area (Å²) in [5, 5.41) is 14.0. The van der Waals surface area contributed by atoms with Crippen LogP contribution in [0.1, 0.15) is 37.0 Å². The molecule has 0 spiro atoms. The zero-order valence-corrected chi connectivity index (χ0v) is 19.5. The monoisotopic (exact) mass is 513 g/mol. The highest BCUT2D eigenvalue weighted by Gasteiger charge is 2.59. The number of nitrogens with zero attached hydrogens (tertiary/aromatic N) is 5. The number of esters is 1. The molecule has 0 aliphatic heterocycles. The van der Waals surface area contributed by atoms with E-state index >= 15 is 0 Å². The van der Waals surface area contributed by atoms with Crippen LogP contribution in [0.15, 0.2) is 42.7 Å². The van der Waals surface area contributed by atoms with Crippen LogP contribution in [-0.4, -0.2) is 41.8 Å². The van der Waals surface area contributed by atoms with Crippen LogP contribution in [0, 0.1) is 17.0 Å². The van der Waals surface area contributed by atoms with E-state index in [1.54, 1.807) is 18.2 Å². The van der Waals surface area contributed by atoms with Crippen molar-refractivity contribution in [1.82, 2.24) is 24.7 Å². The number of ether oxygens (including phenoxy) is 1. The highest BCUT2D eigenvalue weighted by molar-refractivity contribution is 6.30. The topological polar surface area (TPSA) is 120 Å². The van der Waals surface area contributed by atoms with E-state index in [0.717, 1.165) is 6.20 Å². The lowest BCUT2D eigenvalue weighted by molar-refractivity contribution is -0.164. The third-order valence-corrected chi connectivity index (χ3v) is 6.39. The number of carbonyl (C=O) groups is 2. The van der Waals surface area contributed by atoms with Crippen LogP contribution in [0.3, 0.4) is 0 Å². The van der Waals surface area contributed by atoms with E-state index in [1.165, 1.54) is 29.9 Å². The number of rotatable bonds is 7. The third-order valence-electron chi connectivity index (χ3n) is 6.08. The quantitative estimate of drug-likeness (QED) is 0.220. The largest absolute Gasteiger partial charge is 0.480 e. The molecule has 0 saturated heterocycles. The fraction of sp³-hybridized carbons (Fsp3) is 0.250.